The number of H-pyrrole nitrogens is 1. The Balaban J connectivity index is 2.15. The first-order chi connectivity index (χ1) is 15.2. The number of benzene rings is 2. The van der Waals surface area contributed by atoms with Gasteiger partial charge in [-0.1, -0.05) is 11.6 Å². The van der Waals surface area contributed by atoms with Crippen molar-refractivity contribution < 1.29 is 35.8 Å². The Morgan fingerprint density at radius 1 is 1.03 bits per heavy atom. The molecule has 1 heterocycles. The van der Waals surface area contributed by atoms with E-state index in [-0.39, 0.29) is 10.7 Å². The van der Waals surface area contributed by atoms with Gasteiger partial charge in [-0.2, -0.15) is 16.8 Å². The van der Waals surface area contributed by atoms with Crippen LogP contribution in [0.2, 0.25) is 5.02 Å². The average molecular weight is 517 g/mol. The van der Waals surface area contributed by atoms with Gasteiger partial charge in [0.25, 0.3) is 25.8 Å². The Bertz CT molecular complexity index is 1570. The van der Waals surface area contributed by atoms with Crippen LogP contribution < -0.4 is 5.56 Å². The highest BCUT2D eigenvalue weighted by molar-refractivity contribution is 7.86. The van der Waals surface area contributed by atoms with Crippen LogP contribution in [-0.2, 0) is 20.2 Å². The summed E-state index contributed by atoms with van der Waals surface area (Å²) in [6.45, 7) is 1.51. The summed E-state index contributed by atoms with van der Waals surface area (Å²) in [5.74, 6) is -1.60. The second kappa shape index (κ2) is 8.53. The van der Waals surface area contributed by atoms with Crippen molar-refractivity contribution >= 4 is 49.2 Å². The van der Waals surface area contributed by atoms with Crippen molar-refractivity contribution in [3.8, 4) is 5.69 Å². The van der Waals surface area contributed by atoms with E-state index in [1.165, 1.54) is 6.92 Å². The summed E-state index contributed by atoms with van der Waals surface area (Å²) in [4.78, 5) is 23.2. The standard InChI is InChI=1S/C17H13ClN4O9S2/c1-8-6-12(13(7-11(8)18)33(29,30)31)19-20-14-15(17(24)25)21-22(16(14)23)9-2-4-10(5-3-9)32(26,27)28/h2-7,21H,1H3,(H,24,25)(H,26,27,28)(H,29,30,31). The molecule has 0 radical (unpaired) electrons. The maximum absolute atomic E-state index is 12.8. The number of carboxylic acid groups (broad SMARTS) is 1. The molecule has 0 aliphatic rings. The van der Waals surface area contributed by atoms with Crippen molar-refractivity contribution in [3.63, 3.8) is 0 Å². The third-order valence-electron chi connectivity index (χ3n) is 4.25. The minimum atomic E-state index is -4.78. The zero-order valence-electron chi connectivity index (χ0n) is 16.3. The van der Waals surface area contributed by atoms with E-state index in [1.54, 1.807) is 0 Å². The van der Waals surface area contributed by atoms with Gasteiger partial charge in [0.1, 0.15) is 10.6 Å². The maximum atomic E-state index is 12.8. The topological polar surface area (TPSA) is 209 Å². The molecule has 0 saturated heterocycles. The average Bonchev–Trinajstić information content (AvgIpc) is 3.04. The van der Waals surface area contributed by atoms with Gasteiger partial charge in [-0.15, -0.1) is 10.2 Å². The van der Waals surface area contributed by atoms with Gasteiger partial charge in [-0.3, -0.25) is 19.0 Å². The van der Waals surface area contributed by atoms with Gasteiger partial charge in [-0.25, -0.2) is 9.48 Å². The summed E-state index contributed by atoms with van der Waals surface area (Å²) in [7, 11) is -9.28. The second-order valence-electron chi connectivity index (χ2n) is 6.49. The number of halogens is 1. The van der Waals surface area contributed by atoms with E-state index >= 15 is 0 Å². The quantitative estimate of drug-likeness (QED) is 0.280. The van der Waals surface area contributed by atoms with E-state index in [4.69, 9.17) is 16.2 Å². The molecule has 0 atom stereocenters. The summed E-state index contributed by atoms with van der Waals surface area (Å²) < 4.78 is 64.7. The third-order valence-corrected chi connectivity index (χ3v) is 6.41. The molecule has 0 spiro atoms. The normalized spacial score (nSPS) is 12.4. The SMILES string of the molecule is Cc1cc(N=Nc2c(C(=O)O)[nH]n(-c3ccc(S(=O)(=O)O)cc3)c2=O)c(S(=O)(=O)O)cc1Cl. The van der Waals surface area contributed by atoms with E-state index in [0.29, 0.717) is 5.56 Å². The van der Waals surface area contributed by atoms with Crippen LogP contribution >= 0.6 is 11.6 Å². The van der Waals surface area contributed by atoms with Crippen molar-refractivity contribution in [3.05, 3.63) is 63.0 Å². The van der Waals surface area contributed by atoms with Gasteiger partial charge in [0.05, 0.1) is 10.6 Å². The van der Waals surface area contributed by atoms with E-state index in [9.17, 15) is 36.1 Å². The molecule has 3 aromatic rings. The van der Waals surface area contributed by atoms with Crippen LogP contribution in [0.25, 0.3) is 5.69 Å². The summed E-state index contributed by atoms with van der Waals surface area (Å²) in [6, 6.07) is 6.28. The van der Waals surface area contributed by atoms with Crippen molar-refractivity contribution in [2.24, 2.45) is 10.2 Å². The van der Waals surface area contributed by atoms with Crippen LogP contribution in [-0.4, -0.2) is 46.8 Å². The molecular formula is C17H13ClN4O9S2. The predicted molar refractivity (Wildman–Crippen MR) is 113 cm³/mol. The lowest BCUT2D eigenvalue weighted by molar-refractivity contribution is 0.0690. The number of aromatic nitrogens is 2. The lowest BCUT2D eigenvalue weighted by Gasteiger charge is -2.05. The van der Waals surface area contributed by atoms with Gasteiger partial charge >= 0.3 is 5.97 Å². The minimum absolute atomic E-state index is 0.00249. The number of azo groups is 1. The molecule has 0 amide bonds. The lowest BCUT2D eigenvalue weighted by Crippen LogP contribution is -2.14. The molecule has 0 unspecified atom stereocenters. The number of aromatic carboxylic acids is 1. The number of nitrogens with zero attached hydrogens (tertiary/aromatic N) is 3. The molecule has 16 heteroatoms. The number of hydrogen-bond acceptors (Lipinski definition) is 8. The molecular weight excluding hydrogens is 504 g/mol. The van der Waals surface area contributed by atoms with E-state index in [1.807, 2.05) is 0 Å². The summed E-state index contributed by atoms with van der Waals surface area (Å²) in [5, 5.41) is 18.9. The van der Waals surface area contributed by atoms with Gasteiger partial charge in [-0.05, 0) is 48.9 Å². The minimum Gasteiger partial charge on any atom is -0.476 e. The number of aromatic amines is 1. The van der Waals surface area contributed by atoms with Crippen LogP contribution in [0.1, 0.15) is 16.1 Å². The van der Waals surface area contributed by atoms with Gasteiger partial charge in [0.2, 0.25) is 0 Å². The Morgan fingerprint density at radius 2 is 1.64 bits per heavy atom. The first kappa shape index (κ1) is 24.3. The third kappa shape index (κ3) is 5.01. The Hall–Kier alpha value is -3.37. The summed E-state index contributed by atoms with van der Waals surface area (Å²) in [5.41, 5.74) is -2.48. The van der Waals surface area contributed by atoms with Gasteiger partial charge in [0.15, 0.2) is 11.4 Å². The zero-order valence-corrected chi connectivity index (χ0v) is 18.7. The molecule has 1 aromatic heterocycles. The highest BCUT2D eigenvalue weighted by Crippen LogP contribution is 2.31. The molecule has 0 bridgehead atoms. The van der Waals surface area contributed by atoms with Crippen molar-refractivity contribution in [2.45, 2.75) is 16.7 Å². The van der Waals surface area contributed by atoms with Crippen molar-refractivity contribution in [1.82, 2.24) is 9.78 Å². The first-order valence-corrected chi connectivity index (χ1v) is 11.8. The summed E-state index contributed by atoms with van der Waals surface area (Å²) >= 11 is 5.87. The molecule has 0 aliphatic heterocycles. The highest BCUT2D eigenvalue weighted by atomic mass is 35.5. The molecule has 0 saturated carbocycles. The fourth-order valence-corrected chi connectivity index (χ4v) is 4.00. The first-order valence-electron chi connectivity index (χ1n) is 8.56. The molecule has 4 N–H and O–H groups in total. The number of nitrogens with one attached hydrogen (secondary N) is 1. The van der Waals surface area contributed by atoms with Gasteiger partial charge < -0.3 is 5.11 Å². The lowest BCUT2D eigenvalue weighted by atomic mass is 10.2. The smallest absolute Gasteiger partial charge is 0.356 e. The molecule has 2 aromatic carbocycles. The number of rotatable bonds is 6. The Kier molecular flexibility index (Phi) is 6.27. The molecule has 13 nitrogen and oxygen atoms in total. The zero-order chi connectivity index (χ0) is 24.7. The molecule has 0 aliphatic carbocycles. The van der Waals surface area contributed by atoms with E-state index < -0.39 is 58.6 Å². The highest BCUT2D eigenvalue weighted by Gasteiger charge is 2.22. The summed E-state index contributed by atoms with van der Waals surface area (Å²) in [6.07, 6.45) is 0. The van der Waals surface area contributed by atoms with Crippen molar-refractivity contribution in [2.75, 3.05) is 0 Å². The Labute approximate surface area is 190 Å². The number of hydrogen-bond donors (Lipinski definition) is 4. The van der Waals surface area contributed by atoms with Crippen molar-refractivity contribution in [1.29, 1.82) is 0 Å². The van der Waals surface area contributed by atoms with Crippen LogP contribution in [0.15, 0.2) is 61.2 Å². The van der Waals surface area contributed by atoms with Crippen LogP contribution in [0.5, 0.6) is 0 Å². The second-order valence-corrected chi connectivity index (χ2v) is 9.71. The number of carboxylic acids is 1. The monoisotopic (exact) mass is 516 g/mol. The molecule has 0 fully saturated rings. The molecule has 3 rings (SSSR count). The number of carbonyl (C=O) groups is 1. The Morgan fingerprint density at radius 3 is 2.15 bits per heavy atom. The number of aryl methyl sites for hydroxylation is 1. The van der Waals surface area contributed by atoms with Crippen LogP contribution in [0.4, 0.5) is 11.4 Å². The maximum Gasteiger partial charge on any atom is 0.356 e. The van der Waals surface area contributed by atoms with Crippen LogP contribution in [0.3, 0.4) is 0 Å². The largest absolute Gasteiger partial charge is 0.476 e. The van der Waals surface area contributed by atoms with Crippen LogP contribution in [0, 0.1) is 6.92 Å². The van der Waals surface area contributed by atoms with Gasteiger partial charge in [0, 0.05) is 5.02 Å². The molecule has 33 heavy (non-hydrogen) atoms. The molecule has 174 valence electrons. The fraction of sp³-hybridized carbons (Fsp3) is 0.0588. The van der Waals surface area contributed by atoms with E-state index in [0.717, 1.165) is 41.1 Å². The predicted octanol–water partition coefficient (Wildman–Crippen LogP) is 2.73. The van der Waals surface area contributed by atoms with E-state index in [2.05, 4.69) is 15.3 Å². The fourth-order valence-electron chi connectivity index (χ4n) is 2.66.